The molecule has 0 bridgehead atoms. The summed E-state index contributed by atoms with van der Waals surface area (Å²) in [5.74, 6) is 1.22. The number of aromatic nitrogens is 2. The highest BCUT2D eigenvalue weighted by Crippen LogP contribution is 2.24. The first-order chi connectivity index (χ1) is 14.0. The Kier molecular flexibility index (Phi) is 5.80. The second kappa shape index (κ2) is 8.49. The van der Waals surface area contributed by atoms with Gasteiger partial charge in [0.1, 0.15) is 0 Å². The van der Waals surface area contributed by atoms with E-state index in [1.807, 2.05) is 12.1 Å². The van der Waals surface area contributed by atoms with Gasteiger partial charge in [0.05, 0.1) is 11.5 Å². The highest BCUT2D eigenvalue weighted by molar-refractivity contribution is 7.91. The third-order valence-corrected chi connectivity index (χ3v) is 7.52. The summed E-state index contributed by atoms with van der Waals surface area (Å²) in [5.41, 5.74) is 1.60. The summed E-state index contributed by atoms with van der Waals surface area (Å²) in [7, 11) is -3.03. The van der Waals surface area contributed by atoms with Gasteiger partial charge in [0, 0.05) is 19.1 Å². The third-order valence-electron chi connectivity index (χ3n) is 5.76. The first-order valence-corrected chi connectivity index (χ1v) is 11.9. The van der Waals surface area contributed by atoms with Crippen LogP contribution in [0.5, 0.6) is 0 Å². The maximum atomic E-state index is 12.3. The quantitative estimate of drug-likeness (QED) is 0.803. The van der Waals surface area contributed by atoms with Crippen molar-refractivity contribution in [1.82, 2.24) is 15.5 Å². The summed E-state index contributed by atoms with van der Waals surface area (Å²) in [6.07, 6.45) is 3.78. The maximum Gasteiger partial charge on any atom is 0.272 e. The molecule has 154 valence electrons. The zero-order chi connectivity index (χ0) is 20.3. The first kappa shape index (κ1) is 19.8. The van der Waals surface area contributed by atoms with E-state index in [1.54, 1.807) is 6.07 Å². The van der Waals surface area contributed by atoms with Gasteiger partial charge < -0.3 is 10.2 Å². The predicted octanol–water partition coefficient (Wildman–Crippen LogP) is 1.85. The van der Waals surface area contributed by atoms with Gasteiger partial charge >= 0.3 is 0 Å². The average molecular weight is 415 g/mol. The second-order valence-corrected chi connectivity index (χ2v) is 10.2. The van der Waals surface area contributed by atoms with E-state index in [1.165, 1.54) is 5.56 Å². The minimum Gasteiger partial charge on any atom is -0.355 e. The van der Waals surface area contributed by atoms with Crippen molar-refractivity contribution < 1.29 is 13.2 Å². The lowest BCUT2D eigenvalue weighted by Crippen LogP contribution is -2.37. The van der Waals surface area contributed by atoms with Crippen LogP contribution in [0.1, 0.15) is 35.3 Å². The van der Waals surface area contributed by atoms with Crippen LogP contribution in [-0.4, -0.2) is 55.2 Å². The fourth-order valence-corrected chi connectivity index (χ4v) is 5.77. The molecule has 2 fully saturated rings. The normalized spacial score (nSPS) is 21.8. The number of anilines is 1. The maximum absolute atomic E-state index is 12.3. The molecule has 2 aliphatic rings. The Morgan fingerprint density at radius 1 is 1.03 bits per heavy atom. The molecule has 4 rings (SSSR count). The van der Waals surface area contributed by atoms with Crippen LogP contribution in [0.4, 0.5) is 5.82 Å². The Morgan fingerprint density at radius 2 is 1.79 bits per heavy atom. The number of carbonyl (C=O) groups excluding carboxylic acids is 1. The van der Waals surface area contributed by atoms with Crippen LogP contribution in [-0.2, 0) is 16.3 Å². The molecule has 1 aromatic carbocycles. The lowest BCUT2D eigenvalue weighted by Gasteiger charge is -2.32. The highest BCUT2D eigenvalue weighted by Gasteiger charge is 2.29. The van der Waals surface area contributed by atoms with Crippen molar-refractivity contribution in [3.8, 4) is 0 Å². The number of carbonyl (C=O) groups is 1. The fourth-order valence-electron chi connectivity index (χ4n) is 4.10. The average Bonchev–Trinajstić information content (AvgIpc) is 3.07. The van der Waals surface area contributed by atoms with E-state index in [0.29, 0.717) is 12.3 Å². The SMILES string of the molecule is O=C(N[C@H]1CCS(=O)(=O)C1)c1ccc(N2CCC(Cc3ccccc3)CC2)nn1. The molecule has 0 radical (unpaired) electrons. The first-order valence-electron chi connectivity index (χ1n) is 10.1. The lowest BCUT2D eigenvalue weighted by atomic mass is 9.90. The molecule has 2 aromatic rings. The van der Waals surface area contributed by atoms with E-state index < -0.39 is 9.84 Å². The Morgan fingerprint density at radius 3 is 2.41 bits per heavy atom. The molecule has 1 N–H and O–H groups in total. The summed E-state index contributed by atoms with van der Waals surface area (Å²) in [4.78, 5) is 14.5. The molecule has 1 aromatic heterocycles. The van der Waals surface area contributed by atoms with Gasteiger partial charge in [-0.1, -0.05) is 30.3 Å². The van der Waals surface area contributed by atoms with Crippen LogP contribution >= 0.6 is 0 Å². The van der Waals surface area contributed by atoms with Crippen LogP contribution < -0.4 is 10.2 Å². The molecule has 0 unspecified atom stereocenters. The molecule has 3 heterocycles. The van der Waals surface area contributed by atoms with Crippen molar-refractivity contribution in [2.45, 2.75) is 31.7 Å². The van der Waals surface area contributed by atoms with E-state index in [-0.39, 0.29) is 29.1 Å². The minimum absolute atomic E-state index is 0.00216. The largest absolute Gasteiger partial charge is 0.355 e. The lowest BCUT2D eigenvalue weighted by molar-refractivity contribution is 0.0935. The second-order valence-electron chi connectivity index (χ2n) is 7.97. The highest BCUT2D eigenvalue weighted by atomic mass is 32.2. The molecular formula is C21H26N4O3S. The molecule has 0 saturated carbocycles. The van der Waals surface area contributed by atoms with Gasteiger partial charge in [-0.2, -0.15) is 0 Å². The summed E-state index contributed by atoms with van der Waals surface area (Å²) in [6, 6.07) is 13.7. The van der Waals surface area contributed by atoms with Crippen molar-refractivity contribution >= 4 is 21.6 Å². The Bertz CT molecular complexity index is 940. The zero-order valence-corrected chi connectivity index (χ0v) is 17.1. The topological polar surface area (TPSA) is 92.3 Å². The van der Waals surface area contributed by atoms with Gasteiger partial charge in [-0.25, -0.2) is 8.42 Å². The summed E-state index contributed by atoms with van der Waals surface area (Å²) >= 11 is 0. The number of sulfone groups is 1. The number of piperidine rings is 1. The van der Waals surface area contributed by atoms with Gasteiger partial charge in [0.2, 0.25) is 0 Å². The van der Waals surface area contributed by atoms with Gasteiger partial charge in [-0.3, -0.25) is 4.79 Å². The third kappa shape index (κ3) is 5.12. The molecule has 2 aliphatic heterocycles. The van der Waals surface area contributed by atoms with Crippen LogP contribution in [0.3, 0.4) is 0 Å². The van der Waals surface area contributed by atoms with E-state index in [0.717, 1.165) is 38.2 Å². The van der Waals surface area contributed by atoms with Crippen LogP contribution in [0, 0.1) is 5.92 Å². The van der Waals surface area contributed by atoms with Gasteiger partial charge in [0.15, 0.2) is 21.3 Å². The van der Waals surface area contributed by atoms with Crippen molar-refractivity contribution in [2.24, 2.45) is 5.92 Å². The number of amides is 1. The van der Waals surface area contributed by atoms with Gasteiger partial charge in [-0.15, -0.1) is 10.2 Å². The molecule has 29 heavy (non-hydrogen) atoms. The molecule has 0 spiro atoms. The molecule has 1 amide bonds. The Labute approximate surface area is 171 Å². The predicted molar refractivity (Wildman–Crippen MR) is 112 cm³/mol. The number of rotatable bonds is 5. The van der Waals surface area contributed by atoms with Crippen molar-refractivity contribution in [2.75, 3.05) is 29.5 Å². The molecule has 8 heteroatoms. The Balaban J connectivity index is 1.29. The van der Waals surface area contributed by atoms with Crippen LogP contribution in [0.2, 0.25) is 0 Å². The van der Waals surface area contributed by atoms with Gasteiger partial charge in [0.25, 0.3) is 5.91 Å². The number of benzene rings is 1. The van der Waals surface area contributed by atoms with E-state index in [9.17, 15) is 13.2 Å². The monoisotopic (exact) mass is 414 g/mol. The van der Waals surface area contributed by atoms with E-state index >= 15 is 0 Å². The number of hydrogen-bond acceptors (Lipinski definition) is 6. The number of nitrogens with zero attached hydrogens (tertiary/aromatic N) is 3. The van der Waals surface area contributed by atoms with Crippen LogP contribution in [0.15, 0.2) is 42.5 Å². The Hall–Kier alpha value is -2.48. The summed E-state index contributed by atoms with van der Waals surface area (Å²) in [5, 5.41) is 11.0. The van der Waals surface area contributed by atoms with Crippen LogP contribution in [0.25, 0.3) is 0 Å². The fraction of sp³-hybridized carbons (Fsp3) is 0.476. The minimum atomic E-state index is -3.03. The summed E-state index contributed by atoms with van der Waals surface area (Å²) in [6.45, 7) is 1.86. The zero-order valence-electron chi connectivity index (χ0n) is 16.3. The van der Waals surface area contributed by atoms with Crippen molar-refractivity contribution in [3.05, 3.63) is 53.7 Å². The van der Waals surface area contributed by atoms with E-state index in [2.05, 4.69) is 44.7 Å². The molecule has 2 saturated heterocycles. The molecule has 7 nitrogen and oxygen atoms in total. The molecular weight excluding hydrogens is 388 g/mol. The van der Waals surface area contributed by atoms with E-state index in [4.69, 9.17) is 0 Å². The smallest absolute Gasteiger partial charge is 0.272 e. The van der Waals surface area contributed by atoms with Crippen molar-refractivity contribution in [1.29, 1.82) is 0 Å². The van der Waals surface area contributed by atoms with Gasteiger partial charge in [-0.05, 0) is 49.3 Å². The summed E-state index contributed by atoms with van der Waals surface area (Å²) < 4.78 is 23.0. The standard InChI is InChI=1S/C21H26N4O3S/c26-21(22-18-10-13-29(27,28)15-18)19-6-7-20(24-23-19)25-11-8-17(9-12-25)14-16-4-2-1-3-5-16/h1-7,17-18H,8-15H2,(H,22,26)/t18-/m0/s1. The number of nitrogens with one attached hydrogen (secondary N) is 1. The van der Waals surface area contributed by atoms with Crippen molar-refractivity contribution in [3.63, 3.8) is 0 Å². The number of hydrogen-bond donors (Lipinski definition) is 1. The molecule has 1 atom stereocenters. The molecule has 0 aliphatic carbocycles.